The van der Waals surface area contributed by atoms with E-state index in [0.29, 0.717) is 6.04 Å². The third-order valence-electron chi connectivity index (χ3n) is 3.65. The first kappa shape index (κ1) is 9.36. The second-order valence-corrected chi connectivity index (χ2v) is 4.52. The third-order valence-corrected chi connectivity index (χ3v) is 3.65. The number of rotatable bonds is 1. The van der Waals surface area contributed by atoms with Crippen LogP contribution < -0.4 is 0 Å². The largest absolute Gasteiger partial charge is 0.378 e. The maximum atomic E-state index is 5.24. The molecule has 1 aromatic heterocycles. The summed E-state index contributed by atoms with van der Waals surface area (Å²) < 4.78 is 7.46. The van der Waals surface area contributed by atoms with Gasteiger partial charge in [-0.2, -0.15) is 0 Å². The Morgan fingerprint density at radius 2 is 2.20 bits per heavy atom. The lowest BCUT2D eigenvalue weighted by molar-refractivity contribution is -0.0700. The Hall–Kier alpha value is -0.870. The van der Waals surface area contributed by atoms with Crippen molar-refractivity contribution in [3.05, 3.63) is 17.2 Å². The number of ether oxygens (including phenoxy) is 1. The number of hydrogen-bond donors (Lipinski definition) is 0. The van der Waals surface area contributed by atoms with Crippen LogP contribution in [0, 0.1) is 6.92 Å². The molecule has 3 heterocycles. The molecule has 0 N–H and O–H groups in total. The van der Waals surface area contributed by atoms with E-state index in [0.717, 1.165) is 38.5 Å². The number of imidazole rings is 1. The van der Waals surface area contributed by atoms with Crippen molar-refractivity contribution in [1.29, 1.82) is 0 Å². The maximum Gasteiger partial charge on any atom is 0.105 e. The highest BCUT2D eigenvalue weighted by atomic mass is 16.5. The normalized spacial score (nSPS) is 22.5. The molecule has 1 fully saturated rings. The van der Waals surface area contributed by atoms with Crippen molar-refractivity contribution in [3.63, 3.8) is 0 Å². The van der Waals surface area contributed by atoms with Crippen molar-refractivity contribution in [2.45, 2.75) is 25.9 Å². The lowest BCUT2D eigenvalue weighted by Gasteiger charge is -2.39. The van der Waals surface area contributed by atoms with Crippen molar-refractivity contribution in [1.82, 2.24) is 14.5 Å². The number of fused-ring (bicyclic) bond motifs is 1. The van der Waals surface area contributed by atoms with Gasteiger partial charge in [0.2, 0.25) is 0 Å². The predicted molar refractivity (Wildman–Crippen MR) is 56.7 cm³/mol. The van der Waals surface area contributed by atoms with E-state index in [1.54, 1.807) is 0 Å². The number of hydrogen-bond acceptors (Lipinski definition) is 3. The van der Waals surface area contributed by atoms with E-state index >= 15 is 0 Å². The summed E-state index contributed by atoms with van der Waals surface area (Å²) in [6.45, 7) is 6.04. The molecule has 15 heavy (non-hydrogen) atoms. The summed E-state index contributed by atoms with van der Waals surface area (Å²) >= 11 is 0. The van der Waals surface area contributed by atoms with Gasteiger partial charge in [0.05, 0.1) is 24.9 Å². The van der Waals surface area contributed by atoms with Gasteiger partial charge in [0.15, 0.2) is 0 Å². The average molecular weight is 207 g/mol. The Balaban J connectivity index is 1.83. The number of aromatic nitrogens is 2. The molecule has 0 amide bonds. The zero-order chi connectivity index (χ0) is 10.4. The Kier molecular flexibility index (Phi) is 2.07. The van der Waals surface area contributed by atoms with Gasteiger partial charge < -0.3 is 9.30 Å². The van der Waals surface area contributed by atoms with Gasteiger partial charge >= 0.3 is 0 Å². The van der Waals surface area contributed by atoms with E-state index < -0.39 is 0 Å². The molecule has 2 aliphatic heterocycles. The van der Waals surface area contributed by atoms with Crippen LogP contribution in [0.15, 0.2) is 0 Å². The van der Waals surface area contributed by atoms with Crippen molar-refractivity contribution < 1.29 is 4.74 Å². The second-order valence-electron chi connectivity index (χ2n) is 4.52. The lowest BCUT2D eigenvalue weighted by atomic mass is 10.1. The summed E-state index contributed by atoms with van der Waals surface area (Å²) in [6.07, 6.45) is 1.13. The van der Waals surface area contributed by atoms with Gasteiger partial charge in [0.25, 0.3) is 0 Å². The van der Waals surface area contributed by atoms with E-state index in [9.17, 15) is 0 Å². The summed E-state index contributed by atoms with van der Waals surface area (Å²) in [4.78, 5) is 7.12. The summed E-state index contributed by atoms with van der Waals surface area (Å²) in [5.41, 5.74) is 2.69. The first-order valence-corrected chi connectivity index (χ1v) is 5.58. The van der Waals surface area contributed by atoms with Crippen LogP contribution in [-0.4, -0.2) is 40.3 Å². The van der Waals surface area contributed by atoms with E-state index in [2.05, 4.69) is 28.4 Å². The minimum absolute atomic E-state index is 0.639. The van der Waals surface area contributed by atoms with Crippen molar-refractivity contribution in [2.75, 3.05) is 19.8 Å². The van der Waals surface area contributed by atoms with Crippen LogP contribution in [0.3, 0.4) is 0 Å². The fraction of sp³-hybridized carbons (Fsp3) is 0.727. The van der Waals surface area contributed by atoms with E-state index in [1.807, 2.05) is 0 Å². The quantitative estimate of drug-likeness (QED) is 0.671. The summed E-state index contributed by atoms with van der Waals surface area (Å²) in [6, 6.07) is 0.639. The molecule has 0 spiro atoms. The SMILES string of the molecule is Cc1nc2c(n1C)CCN(C1COC1)C2. The zero-order valence-electron chi connectivity index (χ0n) is 9.36. The van der Waals surface area contributed by atoms with E-state index in [1.165, 1.54) is 11.4 Å². The van der Waals surface area contributed by atoms with Gasteiger partial charge in [-0.25, -0.2) is 4.98 Å². The molecular formula is C11H17N3O. The molecule has 0 aliphatic carbocycles. The molecule has 0 bridgehead atoms. The van der Waals surface area contributed by atoms with Crippen molar-refractivity contribution >= 4 is 0 Å². The number of aryl methyl sites for hydroxylation is 1. The Labute approximate surface area is 89.9 Å². The summed E-state index contributed by atoms with van der Waals surface area (Å²) in [7, 11) is 2.11. The Morgan fingerprint density at radius 1 is 1.40 bits per heavy atom. The first-order chi connectivity index (χ1) is 7.25. The van der Waals surface area contributed by atoms with Crippen LogP contribution >= 0.6 is 0 Å². The zero-order valence-corrected chi connectivity index (χ0v) is 9.36. The fourth-order valence-corrected chi connectivity index (χ4v) is 2.43. The molecule has 4 heteroatoms. The van der Waals surface area contributed by atoms with Crippen molar-refractivity contribution in [2.24, 2.45) is 7.05 Å². The predicted octanol–water partition coefficient (Wildman–Crippen LogP) is 0.485. The van der Waals surface area contributed by atoms with Gasteiger partial charge in [-0.1, -0.05) is 0 Å². The monoisotopic (exact) mass is 207 g/mol. The van der Waals surface area contributed by atoms with Crippen LogP contribution in [0.4, 0.5) is 0 Å². The molecule has 4 nitrogen and oxygen atoms in total. The first-order valence-electron chi connectivity index (χ1n) is 5.58. The van der Waals surface area contributed by atoms with Crippen LogP contribution in [0.5, 0.6) is 0 Å². The topological polar surface area (TPSA) is 30.3 Å². The minimum Gasteiger partial charge on any atom is -0.378 e. The lowest BCUT2D eigenvalue weighted by Crippen LogP contribution is -2.50. The van der Waals surface area contributed by atoms with Crippen LogP contribution in [-0.2, 0) is 24.8 Å². The van der Waals surface area contributed by atoms with Gasteiger partial charge in [-0.3, -0.25) is 4.90 Å². The van der Waals surface area contributed by atoms with Gasteiger partial charge in [-0.05, 0) is 6.92 Å². The van der Waals surface area contributed by atoms with Crippen LogP contribution in [0.1, 0.15) is 17.2 Å². The average Bonchev–Trinajstić information content (AvgIpc) is 2.40. The molecule has 1 saturated heterocycles. The molecule has 0 saturated carbocycles. The molecule has 0 radical (unpaired) electrons. The fourth-order valence-electron chi connectivity index (χ4n) is 2.43. The molecular weight excluding hydrogens is 190 g/mol. The highest BCUT2D eigenvalue weighted by Gasteiger charge is 2.30. The molecule has 1 aromatic rings. The highest BCUT2D eigenvalue weighted by molar-refractivity contribution is 5.20. The summed E-state index contributed by atoms with van der Waals surface area (Å²) in [5.74, 6) is 1.13. The Morgan fingerprint density at radius 3 is 2.87 bits per heavy atom. The van der Waals surface area contributed by atoms with Crippen LogP contribution in [0.2, 0.25) is 0 Å². The van der Waals surface area contributed by atoms with E-state index in [-0.39, 0.29) is 0 Å². The molecule has 82 valence electrons. The molecule has 2 aliphatic rings. The Bertz CT molecular complexity index is 381. The molecule has 3 rings (SSSR count). The molecule has 0 unspecified atom stereocenters. The maximum absolute atomic E-state index is 5.24. The van der Waals surface area contributed by atoms with Crippen LogP contribution in [0.25, 0.3) is 0 Å². The van der Waals surface area contributed by atoms with Gasteiger partial charge in [0.1, 0.15) is 5.82 Å². The van der Waals surface area contributed by atoms with Gasteiger partial charge in [-0.15, -0.1) is 0 Å². The summed E-state index contributed by atoms with van der Waals surface area (Å²) in [5, 5.41) is 0. The molecule has 0 atom stereocenters. The minimum atomic E-state index is 0.639. The highest BCUT2D eigenvalue weighted by Crippen LogP contribution is 2.22. The number of nitrogens with zero attached hydrogens (tertiary/aromatic N) is 3. The standard InChI is InChI=1S/C11H17N3O/c1-8-12-10-5-14(9-6-15-7-9)4-3-11(10)13(8)2/h9H,3-7H2,1-2H3. The van der Waals surface area contributed by atoms with Gasteiger partial charge in [0, 0.05) is 32.3 Å². The van der Waals surface area contributed by atoms with E-state index in [4.69, 9.17) is 4.74 Å². The molecule has 0 aromatic carbocycles. The third kappa shape index (κ3) is 1.40. The smallest absolute Gasteiger partial charge is 0.105 e. The van der Waals surface area contributed by atoms with Crippen molar-refractivity contribution in [3.8, 4) is 0 Å². The second kappa shape index (κ2) is 3.32.